The standard InChI is InChI=1S/C18H23NO4S/c1-3-15-8-10-18(11-9-15)24(20,21)19-12-13-23-17-7-5-6-16(14-17)22-4-2/h5-11,14,19H,3-4,12-13H2,1-2H3. The van der Waals surface area contributed by atoms with E-state index in [4.69, 9.17) is 9.47 Å². The predicted molar refractivity (Wildman–Crippen MR) is 94.1 cm³/mol. The van der Waals surface area contributed by atoms with Gasteiger partial charge in [0, 0.05) is 12.6 Å². The van der Waals surface area contributed by atoms with E-state index in [0.29, 0.717) is 12.4 Å². The normalized spacial score (nSPS) is 11.2. The van der Waals surface area contributed by atoms with Crippen LogP contribution >= 0.6 is 0 Å². The monoisotopic (exact) mass is 349 g/mol. The smallest absolute Gasteiger partial charge is 0.240 e. The van der Waals surface area contributed by atoms with Crippen LogP contribution in [0.2, 0.25) is 0 Å². The van der Waals surface area contributed by atoms with Gasteiger partial charge in [0.25, 0.3) is 0 Å². The molecule has 0 unspecified atom stereocenters. The van der Waals surface area contributed by atoms with E-state index in [1.165, 1.54) is 0 Å². The van der Waals surface area contributed by atoms with E-state index in [-0.39, 0.29) is 18.0 Å². The molecule has 0 amide bonds. The zero-order valence-corrected chi connectivity index (χ0v) is 14.8. The summed E-state index contributed by atoms with van der Waals surface area (Å²) in [6.45, 7) is 4.95. The third-order valence-electron chi connectivity index (χ3n) is 3.42. The van der Waals surface area contributed by atoms with Crippen molar-refractivity contribution in [3.05, 3.63) is 54.1 Å². The van der Waals surface area contributed by atoms with E-state index in [0.717, 1.165) is 17.7 Å². The van der Waals surface area contributed by atoms with Crippen LogP contribution in [0, 0.1) is 0 Å². The predicted octanol–water partition coefficient (Wildman–Crippen LogP) is 3.01. The van der Waals surface area contributed by atoms with Crippen molar-refractivity contribution < 1.29 is 17.9 Å². The van der Waals surface area contributed by atoms with Gasteiger partial charge in [-0.15, -0.1) is 0 Å². The molecule has 0 saturated heterocycles. The van der Waals surface area contributed by atoms with Crippen LogP contribution in [-0.4, -0.2) is 28.2 Å². The Kier molecular flexibility index (Phi) is 6.63. The fourth-order valence-corrected chi connectivity index (χ4v) is 3.17. The Morgan fingerprint density at radius 1 is 0.958 bits per heavy atom. The molecule has 1 N–H and O–H groups in total. The lowest BCUT2D eigenvalue weighted by Crippen LogP contribution is -2.28. The molecule has 0 heterocycles. The first-order valence-electron chi connectivity index (χ1n) is 7.99. The van der Waals surface area contributed by atoms with Crippen molar-refractivity contribution in [3.8, 4) is 11.5 Å². The number of ether oxygens (including phenoxy) is 2. The van der Waals surface area contributed by atoms with Crippen LogP contribution in [-0.2, 0) is 16.4 Å². The first-order chi connectivity index (χ1) is 11.5. The molecule has 0 aliphatic heterocycles. The number of nitrogens with one attached hydrogen (secondary N) is 1. The second-order valence-corrected chi connectivity index (χ2v) is 6.92. The highest BCUT2D eigenvalue weighted by molar-refractivity contribution is 7.89. The van der Waals surface area contributed by atoms with Crippen molar-refractivity contribution >= 4 is 10.0 Å². The Labute approximate surface area is 143 Å². The summed E-state index contributed by atoms with van der Waals surface area (Å²) in [5.74, 6) is 1.37. The van der Waals surface area contributed by atoms with E-state index in [9.17, 15) is 8.42 Å². The summed E-state index contributed by atoms with van der Waals surface area (Å²) in [4.78, 5) is 0.262. The number of sulfonamides is 1. The third kappa shape index (κ3) is 5.25. The summed E-state index contributed by atoms with van der Waals surface area (Å²) in [6, 6.07) is 14.1. The molecule has 2 rings (SSSR count). The number of aryl methyl sites for hydroxylation is 1. The van der Waals surface area contributed by atoms with E-state index in [1.54, 1.807) is 24.3 Å². The lowest BCUT2D eigenvalue weighted by atomic mass is 10.2. The Hall–Kier alpha value is -2.05. The highest BCUT2D eigenvalue weighted by Gasteiger charge is 2.12. The molecule has 5 nitrogen and oxygen atoms in total. The van der Waals surface area contributed by atoms with Crippen LogP contribution < -0.4 is 14.2 Å². The molecule has 0 fully saturated rings. The fourth-order valence-electron chi connectivity index (χ4n) is 2.15. The van der Waals surface area contributed by atoms with E-state index < -0.39 is 10.0 Å². The van der Waals surface area contributed by atoms with Gasteiger partial charge in [-0.05, 0) is 43.2 Å². The van der Waals surface area contributed by atoms with Crippen molar-refractivity contribution in [2.75, 3.05) is 19.8 Å². The largest absolute Gasteiger partial charge is 0.494 e. The molecule has 0 aromatic heterocycles. The van der Waals surface area contributed by atoms with Gasteiger partial charge in [0.1, 0.15) is 18.1 Å². The molecule has 0 spiro atoms. The minimum atomic E-state index is -3.51. The van der Waals surface area contributed by atoms with Crippen molar-refractivity contribution in [2.45, 2.75) is 25.2 Å². The van der Waals surface area contributed by atoms with Gasteiger partial charge in [-0.1, -0.05) is 25.1 Å². The average molecular weight is 349 g/mol. The molecule has 0 aliphatic carbocycles. The molecule has 0 radical (unpaired) electrons. The minimum Gasteiger partial charge on any atom is -0.494 e. The van der Waals surface area contributed by atoms with Crippen molar-refractivity contribution in [1.82, 2.24) is 4.72 Å². The summed E-state index contributed by atoms with van der Waals surface area (Å²) in [5.41, 5.74) is 1.10. The van der Waals surface area contributed by atoms with Crippen LogP contribution in [0.1, 0.15) is 19.4 Å². The number of hydrogen-bond donors (Lipinski definition) is 1. The average Bonchev–Trinajstić information content (AvgIpc) is 2.59. The molecule has 0 aliphatic rings. The van der Waals surface area contributed by atoms with E-state index in [1.807, 2.05) is 38.1 Å². The lowest BCUT2D eigenvalue weighted by Gasteiger charge is -2.10. The van der Waals surface area contributed by atoms with Gasteiger partial charge < -0.3 is 9.47 Å². The minimum absolute atomic E-state index is 0.191. The van der Waals surface area contributed by atoms with E-state index >= 15 is 0 Å². The SMILES string of the molecule is CCOc1cccc(OCCNS(=O)(=O)c2ccc(CC)cc2)c1. The summed E-state index contributed by atoms with van der Waals surface area (Å²) < 4.78 is 37.9. The van der Waals surface area contributed by atoms with Gasteiger partial charge in [0.2, 0.25) is 10.0 Å². The second kappa shape index (κ2) is 8.70. The molecule has 0 saturated carbocycles. The van der Waals surface area contributed by atoms with Crippen LogP contribution in [0.5, 0.6) is 11.5 Å². The highest BCUT2D eigenvalue weighted by atomic mass is 32.2. The van der Waals surface area contributed by atoms with Crippen LogP contribution in [0.25, 0.3) is 0 Å². The number of hydrogen-bond acceptors (Lipinski definition) is 4. The van der Waals surface area contributed by atoms with Crippen molar-refractivity contribution in [1.29, 1.82) is 0 Å². The topological polar surface area (TPSA) is 64.6 Å². The summed E-state index contributed by atoms with van der Waals surface area (Å²) in [6.07, 6.45) is 0.877. The molecular formula is C18H23NO4S. The second-order valence-electron chi connectivity index (χ2n) is 5.15. The Morgan fingerprint density at radius 3 is 2.25 bits per heavy atom. The molecule has 0 atom stereocenters. The first-order valence-corrected chi connectivity index (χ1v) is 9.47. The third-order valence-corrected chi connectivity index (χ3v) is 4.90. The summed E-state index contributed by atoms with van der Waals surface area (Å²) >= 11 is 0. The Bertz CT molecular complexity index is 742. The molecule has 6 heteroatoms. The van der Waals surface area contributed by atoms with Crippen molar-refractivity contribution in [2.24, 2.45) is 0 Å². The van der Waals surface area contributed by atoms with Gasteiger partial charge in [0.05, 0.1) is 11.5 Å². The maximum Gasteiger partial charge on any atom is 0.240 e. The Morgan fingerprint density at radius 2 is 1.62 bits per heavy atom. The maximum atomic E-state index is 12.2. The lowest BCUT2D eigenvalue weighted by molar-refractivity contribution is 0.313. The fraction of sp³-hybridized carbons (Fsp3) is 0.333. The summed E-state index contributed by atoms with van der Waals surface area (Å²) in [7, 11) is -3.51. The highest BCUT2D eigenvalue weighted by Crippen LogP contribution is 2.19. The van der Waals surface area contributed by atoms with Gasteiger partial charge in [-0.3, -0.25) is 0 Å². The zero-order valence-electron chi connectivity index (χ0n) is 14.0. The van der Waals surface area contributed by atoms with Crippen LogP contribution in [0.3, 0.4) is 0 Å². The molecule has 24 heavy (non-hydrogen) atoms. The number of benzene rings is 2. The molecule has 2 aromatic carbocycles. The van der Waals surface area contributed by atoms with Gasteiger partial charge in [-0.2, -0.15) is 0 Å². The quantitative estimate of drug-likeness (QED) is 0.707. The first kappa shape index (κ1) is 18.3. The summed E-state index contributed by atoms with van der Waals surface area (Å²) in [5, 5.41) is 0. The maximum absolute atomic E-state index is 12.2. The molecular weight excluding hydrogens is 326 g/mol. The van der Waals surface area contributed by atoms with Crippen molar-refractivity contribution in [3.63, 3.8) is 0 Å². The van der Waals surface area contributed by atoms with Gasteiger partial charge in [0.15, 0.2) is 0 Å². The zero-order chi connectivity index (χ0) is 17.4. The Balaban J connectivity index is 1.85. The van der Waals surface area contributed by atoms with E-state index in [2.05, 4.69) is 4.72 Å². The van der Waals surface area contributed by atoms with Crippen LogP contribution in [0.4, 0.5) is 0 Å². The van der Waals surface area contributed by atoms with Gasteiger partial charge >= 0.3 is 0 Å². The van der Waals surface area contributed by atoms with Gasteiger partial charge in [-0.25, -0.2) is 13.1 Å². The molecule has 130 valence electrons. The number of rotatable bonds is 9. The molecule has 2 aromatic rings. The molecule has 0 bridgehead atoms. The van der Waals surface area contributed by atoms with Crippen LogP contribution in [0.15, 0.2) is 53.4 Å².